The Hall–Kier alpha value is -2.67. The first-order valence-corrected chi connectivity index (χ1v) is 9.24. The topological polar surface area (TPSA) is 97.9 Å². The van der Waals surface area contributed by atoms with Crippen LogP contribution in [0.5, 0.6) is 0 Å². The zero-order chi connectivity index (χ0) is 19.3. The van der Waals surface area contributed by atoms with Crippen LogP contribution in [0.2, 0.25) is 0 Å². The molecular weight excluding hydrogens is 405 g/mol. The maximum Gasteiger partial charge on any atom is 0.433 e. The van der Waals surface area contributed by atoms with E-state index in [1.54, 1.807) is 22.9 Å². The molecule has 4 rings (SSSR count). The van der Waals surface area contributed by atoms with Crippen LogP contribution in [0.15, 0.2) is 32.3 Å². The van der Waals surface area contributed by atoms with Crippen molar-refractivity contribution in [2.75, 3.05) is 0 Å². The van der Waals surface area contributed by atoms with E-state index < -0.39 is 17.4 Å². The Morgan fingerprint density at radius 1 is 1.30 bits per heavy atom. The molecule has 0 spiro atoms. The van der Waals surface area contributed by atoms with Crippen molar-refractivity contribution in [1.82, 2.24) is 29.1 Å². The minimum atomic E-state index is -4.72. The summed E-state index contributed by atoms with van der Waals surface area (Å²) >= 11 is 2.16. The van der Waals surface area contributed by atoms with E-state index in [0.717, 1.165) is 11.8 Å². The van der Waals surface area contributed by atoms with Gasteiger partial charge in [-0.15, -0.1) is 21.5 Å². The molecular formula is C14H9F3N6O2S2. The molecule has 0 aromatic carbocycles. The Kier molecular flexibility index (Phi) is 4.07. The van der Waals surface area contributed by atoms with Crippen molar-refractivity contribution in [2.24, 2.45) is 7.05 Å². The van der Waals surface area contributed by atoms with Crippen molar-refractivity contribution in [3.63, 3.8) is 0 Å². The zero-order valence-electron chi connectivity index (χ0n) is 13.4. The summed E-state index contributed by atoms with van der Waals surface area (Å²) in [5.41, 5.74) is -1.75. The number of thioether (sulfide) groups is 1. The largest absolute Gasteiger partial charge is 0.433 e. The van der Waals surface area contributed by atoms with E-state index in [2.05, 4.69) is 20.2 Å². The average Bonchev–Trinajstić information content (AvgIpc) is 3.23. The van der Waals surface area contributed by atoms with Gasteiger partial charge >= 0.3 is 6.18 Å². The standard InChI is InChI=1S/C14H9F3N6O2S2/c1-22-11(25)10-6(2-3-26-10)23-8(20-21-13(22)23)5-27-12-18-7(14(15,16)17)4-9(24)19-12/h2-4H,5H2,1H3,(H,18,19,24). The van der Waals surface area contributed by atoms with Crippen LogP contribution in [0.4, 0.5) is 13.2 Å². The van der Waals surface area contributed by atoms with Crippen LogP contribution >= 0.6 is 23.1 Å². The molecule has 0 unspecified atom stereocenters. The highest BCUT2D eigenvalue weighted by Gasteiger charge is 2.33. The van der Waals surface area contributed by atoms with Crippen molar-refractivity contribution in [3.8, 4) is 0 Å². The van der Waals surface area contributed by atoms with Crippen LogP contribution in [0.3, 0.4) is 0 Å². The molecule has 4 heterocycles. The first-order chi connectivity index (χ1) is 12.8. The zero-order valence-corrected chi connectivity index (χ0v) is 15.1. The fourth-order valence-corrected chi connectivity index (χ4v) is 4.17. The molecule has 0 saturated heterocycles. The number of alkyl halides is 3. The number of aryl methyl sites for hydroxylation is 1. The highest BCUT2D eigenvalue weighted by molar-refractivity contribution is 7.98. The van der Waals surface area contributed by atoms with Gasteiger partial charge in [-0.25, -0.2) is 4.98 Å². The molecule has 0 bridgehead atoms. The fraction of sp³-hybridized carbons (Fsp3) is 0.214. The van der Waals surface area contributed by atoms with Crippen LogP contribution in [0.25, 0.3) is 16.0 Å². The monoisotopic (exact) mass is 414 g/mol. The molecule has 0 aliphatic carbocycles. The van der Waals surface area contributed by atoms with Crippen LogP contribution in [0, 0.1) is 0 Å². The minimum absolute atomic E-state index is 0.0918. The third-order valence-electron chi connectivity index (χ3n) is 3.75. The van der Waals surface area contributed by atoms with Gasteiger partial charge in [-0.2, -0.15) is 13.2 Å². The highest BCUT2D eigenvalue weighted by atomic mass is 32.2. The molecule has 0 fully saturated rings. The number of aromatic nitrogens is 6. The number of hydrogen-bond donors (Lipinski definition) is 1. The second kappa shape index (κ2) is 6.20. The van der Waals surface area contributed by atoms with Gasteiger partial charge in [0.25, 0.3) is 11.1 Å². The molecule has 4 aromatic heterocycles. The molecule has 0 aliphatic rings. The van der Waals surface area contributed by atoms with Gasteiger partial charge in [0.1, 0.15) is 10.5 Å². The number of nitrogens with one attached hydrogen (secondary N) is 1. The maximum absolute atomic E-state index is 12.8. The minimum Gasteiger partial charge on any atom is -0.301 e. The summed E-state index contributed by atoms with van der Waals surface area (Å²) in [6.07, 6.45) is -4.72. The third-order valence-corrected chi connectivity index (χ3v) is 5.51. The lowest BCUT2D eigenvalue weighted by Gasteiger charge is -2.07. The molecule has 140 valence electrons. The van der Waals surface area contributed by atoms with Crippen molar-refractivity contribution in [1.29, 1.82) is 0 Å². The summed E-state index contributed by atoms with van der Waals surface area (Å²) < 4.78 is 42.0. The molecule has 27 heavy (non-hydrogen) atoms. The first-order valence-electron chi connectivity index (χ1n) is 7.37. The number of H-pyrrole nitrogens is 1. The van der Waals surface area contributed by atoms with Gasteiger partial charge in [0.05, 0.1) is 11.3 Å². The summed E-state index contributed by atoms with van der Waals surface area (Å²) in [6, 6.07) is 2.15. The first kappa shape index (κ1) is 17.7. The number of hydrogen-bond acceptors (Lipinski definition) is 7. The number of nitrogens with zero attached hydrogens (tertiary/aromatic N) is 5. The predicted octanol–water partition coefficient (Wildman–Crippen LogP) is 2.04. The SMILES string of the molecule is Cn1c(=O)c2sccc2n2c(CSc3nc(C(F)(F)F)cc(=O)[nH]3)nnc12. The van der Waals surface area contributed by atoms with E-state index in [-0.39, 0.29) is 16.5 Å². The van der Waals surface area contributed by atoms with E-state index in [0.29, 0.717) is 27.9 Å². The normalized spacial score (nSPS) is 12.3. The second-order valence-corrected chi connectivity index (χ2v) is 7.35. The lowest BCUT2D eigenvalue weighted by atomic mass is 10.4. The third kappa shape index (κ3) is 3.02. The smallest absolute Gasteiger partial charge is 0.301 e. The van der Waals surface area contributed by atoms with Gasteiger partial charge in [-0.1, -0.05) is 11.8 Å². The van der Waals surface area contributed by atoms with Crippen molar-refractivity contribution >= 4 is 39.1 Å². The summed E-state index contributed by atoms with van der Waals surface area (Å²) in [5, 5.41) is 9.60. The molecule has 0 atom stereocenters. The van der Waals surface area contributed by atoms with E-state index in [1.165, 1.54) is 15.9 Å². The quantitative estimate of drug-likeness (QED) is 0.407. The van der Waals surface area contributed by atoms with Crippen LogP contribution in [-0.4, -0.2) is 29.1 Å². The lowest BCUT2D eigenvalue weighted by Crippen LogP contribution is -2.19. The molecule has 0 amide bonds. The number of halogens is 3. The van der Waals surface area contributed by atoms with Gasteiger partial charge < -0.3 is 4.98 Å². The Labute approximate surface area is 155 Å². The molecule has 0 saturated carbocycles. The van der Waals surface area contributed by atoms with Crippen molar-refractivity contribution < 1.29 is 13.2 Å². The summed E-state index contributed by atoms with van der Waals surface area (Å²) in [5.74, 6) is 0.815. The Morgan fingerprint density at radius 2 is 2.07 bits per heavy atom. The summed E-state index contributed by atoms with van der Waals surface area (Å²) in [7, 11) is 1.56. The van der Waals surface area contributed by atoms with Crippen LogP contribution in [0.1, 0.15) is 11.5 Å². The predicted molar refractivity (Wildman–Crippen MR) is 93.0 cm³/mol. The van der Waals surface area contributed by atoms with E-state index in [9.17, 15) is 22.8 Å². The number of fused-ring (bicyclic) bond motifs is 3. The van der Waals surface area contributed by atoms with E-state index >= 15 is 0 Å². The van der Waals surface area contributed by atoms with Crippen LogP contribution < -0.4 is 11.1 Å². The van der Waals surface area contributed by atoms with Crippen molar-refractivity contribution in [3.05, 3.63) is 49.7 Å². The fourth-order valence-electron chi connectivity index (χ4n) is 2.53. The van der Waals surface area contributed by atoms with Crippen molar-refractivity contribution in [2.45, 2.75) is 17.1 Å². The lowest BCUT2D eigenvalue weighted by molar-refractivity contribution is -0.141. The molecule has 4 aromatic rings. The van der Waals surface area contributed by atoms with Crippen LogP contribution in [-0.2, 0) is 19.0 Å². The van der Waals surface area contributed by atoms with Gasteiger partial charge in [0.15, 0.2) is 10.9 Å². The summed E-state index contributed by atoms with van der Waals surface area (Å²) in [4.78, 5) is 29.5. The Balaban J connectivity index is 1.75. The molecule has 0 aliphatic heterocycles. The maximum atomic E-state index is 12.8. The van der Waals surface area contributed by atoms with E-state index in [1.807, 2.05) is 0 Å². The van der Waals surface area contributed by atoms with E-state index in [4.69, 9.17) is 0 Å². The van der Waals surface area contributed by atoms with Gasteiger partial charge in [-0.3, -0.25) is 18.6 Å². The number of thiophene rings is 1. The number of rotatable bonds is 3. The number of aromatic amines is 1. The molecule has 1 N–H and O–H groups in total. The Morgan fingerprint density at radius 3 is 2.81 bits per heavy atom. The Bertz CT molecular complexity index is 1290. The van der Waals surface area contributed by atoms with Gasteiger partial charge in [-0.05, 0) is 11.4 Å². The second-order valence-electron chi connectivity index (χ2n) is 5.47. The average molecular weight is 414 g/mol. The van der Waals surface area contributed by atoms with Gasteiger partial charge in [0.2, 0.25) is 5.78 Å². The highest BCUT2D eigenvalue weighted by Crippen LogP contribution is 2.28. The molecule has 8 nitrogen and oxygen atoms in total. The molecule has 13 heteroatoms. The van der Waals surface area contributed by atoms with Gasteiger partial charge in [0, 0.05) is 13.1 Å². The summed E-state index contributed by atoms with van der Waals surface area (Å²) in [6.45, 7) is 0. The molecule has 0 radical (unpaired) electrons.